The largest absolute Gasteiger partial charge is 0.464 e. The van der Waals surface area contributed by atoms with Crippen LogP contribution < -0.4 is 10.5 Å². The molecule has 3 nitrogen and oxygen atoms in total. The third kappa shape index (κ3) is 5.01. The molecule has 0 aliphatic rings. The van der Waals surface area contributed by atoms with E-state index in [1.807, 2.05) is 0 Å². The number of ether oxygens (including phenoxy) is 2. The highest BCUT2D eigenvalue weighted by molar-refractivity contribution is 9.10. The lowest BCUT2D eigenvalue weighted by Gasteiger charge is -2.12. The Bertz CT molecular complexity index is 377. The summed E-state index contributed by atoms with van der Waals surface area (Å²) < 4.78 is 45.0. The molecule has 8 heteroatoms. The lowest BCUT2D eigenvalue weighted by Crippen LogP contribution is -2.19. The predicted molar refractivity (Wildman–Crippen MR) is 61.1 cm³/mol. The molecule has 0 saturated carbocycles. The van der Waals surface area contributed by atoms with Gasteiger partial charge in [0.1, 0.15) is 6.61 Å². The van der Waals surface area contributed by atoms with E-state index in [0.29, 0.717) is 9.50 Å². The summed E-state index contributed by atoms with van der Waals surface area (Å²) in [5.41, 5.74) is 5.78. The molecule has 0 aliphatic heterocycles. The van der Waals surface area contributed by atoms with Gasteiger partial charge in [-0.15, -0.1) is 0 Å². The smallest absolute Gasteiger partial charge is 0.411 e. The second-order valence-electron chi connectivity index (χ2n) is 3.03. The van der Waals surface area contributed by atoms with Crippen molar-refractivity contribution in [2.75, 3.05) is 19.1 Å². The van der Waals surface area contributed by atoms with Crippen LogP contribution in [0.5, 0.6) is 5.75 Å². The van der Waals surface area contributed by atoms with Crippen molar-refractivity contribution < 1.29 is 22.6 Å². The van der Waals surface area contributed by atoms with E-state index in [-0.39, 0.29) is 11.4 Å². The molecule has 0 radical (unpaired) electrons. The lowest BCUT2D eigenvalue weighted by atomic mass is 10.3. The van der Waals surface area contributed by atoms with Crippen LogP contribution in [-0.2, 0) is 4.74 Å². The van der Waals surface area contributed by atoms with Crippen LogP contribution in [0.2, 0.25) is 5.02 Å². The molecule has 0 spiro atoms. The molecular weight excluding hydrogens is 326 g/mol. The van der Waals surface area contributed by atoms with E-state index >= 15 is 0 Å². The Morgan fingerprint density at radius 3 is 2.53 bits per heavy atom. The van der Waals surface area contributed by atoms with E-state index < -0.39 is 19.6 Å². The molecule has 0 atom stereocenters. The predicted octanol–water partition coefficient (Wildman–Crippen LogP) is 3.60. The van der Waals surface area contributed by atoms with Crippen molar-refractivity contribution in [2.45, 2.75) is 6.18 Å². The summed E-state index contributed by atoms with van der Waals surface area (Å²) in [5, 5.41) is 0.387. The number of hydrogen-bond donors (Lipinski definition) is 1. The third-order valence-electron chi connectivity index (χ3n) is 1.59. The number of nitrogen functional groups attached to an aromatic ring is 1. The first-order chi connectivity index (χ1) is 7.79. The normalized spacial score (nSPS) is 11.6. The maximum atomic E-state index is 11.8. The maximum absolute atomic E-state index is 11.8. The summed E-state index contributed by atoms with van der Waals surface area (Å²) in [6.07, 6.45) is -4.38. The molecule has 17 heavy (non-hydrogen) atoms. The van der Waals surface area contributed by atoms with Crippen LogP contribution in [-0.4, -0.2) is 19.6 Å². The summed E-state index contributed by atoms with van der Waals surface area (Å²) in [4.78, 5) is 0. The van der Waals surface area contributed by atoms with Gasteiger partial charge in [0.25, 0.3) is 0 Å². The van der Waals surface area contributed by atoms with Gasteiger partial charge in [-0.05, 0) is 28.1 Å². The first kappa shape index (κ1) is 14.4. The van der Waals surface area contributed by atoms with E-state index in [0.717, 1.165) is 0 Å². The van der Waals surface area contributed by atoms with Gasteiger partial charge in [-0.2, -0.15) is 13.2 Å². The summed E-state index contributed by atoms with van der Waals surface area (Å²) in [6.45, 7) is -1.93. The molecule has 0 unspecified atom stereocenters. The molecule has 1 aromatic rings. The van der Waals surface area contributed by atoms with Crippen molar-refractivity contribution in [2.24, 2.45) is 0 Å². The first-order valence-electron chi connectivity index (χ1n) is 4.31. The molecule has 0 aromatic heterocycles. The zero-order chi connectivity index (χ0) is 13.1. The van der Waals surface area contributed by atoms with Gasteiger partial charge in [0, 0.05) is 5.02 Å². The van der Waals surface area contributed by atoms with Crippen LogP contribution >= 0.6 is 27.5 Å². The fourth-order valence-corrected chi connectivity index (χ4v) is 1.94. The van der Waals surface area contributed by atoms with Gasteiger partial charge in [-0.25, -0.2) is 0 Å². The fraction of sp³-hybridized carbons (Fsp3) is 0.333. The number of hydrogen-bond acceptors (Lipinski definition) is 3. The average molecular weight is 335 g/mol. The SMILES string of the molecule is Nc1cc(Cl)cc(Br)c1OCOCC(F)(F)F. The molecule has 1 rings (SSSR count). The molecule has 2 N–H and O–H groups in total. The van der Waals surface area contributed by atoms with E-state index in [4.69, 9.17) is 22.1 Å². The topological polar surface area (TPSA) is 44.5 Å². The number of rotatable bonds is 4. The number of nitrogens with two attached hydrogens (primary N) is 1. The van der Waals surface area contributed by atoms with Crippen molar-refractivity contribution >= 4 is 33.2 Å². The first-order valence-corrected chi connectivity index (χ1v) is 5.48. The summed E-state index contributed by atoms with van der Waals surface area (Å²) in [5.74, 6) is 0.191. The third-order valence-corrected chi connectivity index (χ3v) is 2.40. The molecule has 0 amide bonds. The Balaban J connectivity index is 2.53. The van der Waals surface area contributed by atoms with Crippen molar-refractivity contribution in [3.05, 3.63) is 21.6 Å². The zero-order valence-corrected chi connectivity index (χ0v) is 10.7. The van der Waals surface area contributed by atoms with Crippen molar-refractivity contribution in [1.29, 1.82) is 0 Å². The van der Waals surface area contributed by atoms with Crippen LogP contribution in [0.3, 0.4) is 0 Å². The number of benzene rings is 1. The average Bonchev–Trinajstić information content (AvgIpc) is 2.13. The van der Waals surface area contributed by atoms with E-state index in [1.165, 1.54) is 12.1 Å². The molecule has 0 aliphatic carbocycles. The Morgan fingerprint density at radius 2 is 2.00 bits per heavy atom. The highest BCUT2D eigenvalue weighted by Gasteiger charge is 2.27. The minimum Gasteiger partial charge on any atom is -0.464 e. The van der Waals surface area contributed by atoms with Crippen LogP contribution in [0.15, 0.2) is 16.6 Å². The van der Waals surface area contributed by atoms with E-state index in [1.54, 1.807) is 0 Å². The molecule has 0 fully saturated rings. The van der Waals surface area contributed by atoms with Gasteiger partial charge in [-0.3, -0.25) is 0 Å². The van der Waals surface area contributed by atoms with Crippen LogP contribution in [0.1, 0.15) is 0 Å². The Hall–Kier alpha value is -0.660. The van der Waals surface area contributed by atoms with E-state index in [2.05, 4.69) is 20.7 Å². The van der Waals surface area contributed by atoms with Crippen molar-refractivity contribution in [3.8, 4) is 5.75 Å². The minimum atomic E-state index is -4.38. The van der Waals surface area contributed by atoms with Gasteiger partial charge < -0.3 is 15.2 Å². The fourth-order valence-electron chi connectivity index (χ4n) is 0.991. The van der Waals surface area contributed by atoms with Crippen molar-refractivity contribution in [1.82, 2.24) is 0 Å². The summed E-state index contributed by atoms with van der Waals surface area (Å²) in [6, 6.07) is 2.93. The van der Waals surface area contributed by atoms with Gasteiger partial charge in [0.05, 0.1) is 10.2 Å². The Morgan fingerprint density at radius 1 is 1.35 bits per heavy atom. The Kier molecular flexibility index (Phi) is 4.91. The molecular formula is C9H8BrClF3NO2. The quantitative estimate of drug-likeness (QED) is 0.520. The number of alkyl halides is 3. The highest BCUT2D eigenvalue weighted by atomic mass is 79.9. The van der Waals surface area contributed by atoms with E-state index in [9.17, 15) is 13.2 Å². The monoisotopic (exact) mass is 333 g/mol. The molecule has 0 heterocycles. The van der Waals surface area contributed by atoms with Crippen LogP contribution in [0, 0.1) is 0 Å². The Labute approximate surface area is 109 Å². The van der Waals surface area contributed by atoms with Gasteiger partial charge in [0.15, 0.2) is 12.5 Å². The number of halogens is 5. The second-order valence-corrected chi connectivity index (χ2v) is 4.32. The second kappa shape index (κ2) is 5.79. The van der Waals surface area contributed by atoms with Gasteiger partial charge in [-0.1, -0.05) is 11.6 Å². The van der Waals surface area contributed by atoms with Crippen molar-refractivity contribution in [3.63, 3.8) is 0 Å². The zero-order valence-electron chi connectivity index (χ0n) is 8.35. The minimum absolute atomic E-state index is 0.191. The van der Waals surface area contributed by atoms with Crippen LogP contribution in [0.25, 0.3) is 0 Å². The molecule has 0 bridgehead atoms. The standard InChI is InChI=1S/C9H8BrClF3NO2/c10-6-1-5(11)2-7(15)8(6)17-4-16-3-9(12,13)14/h1-2H,3-4,15H2. The molecule has 1 aromatic carbocycles. The summed E-state index contributed by atoms with van der Waals surface area (Å²) in [7, 11) is 0. The highest BCUT2D eigenvalue weighted by Crippen LogP contribution is 2.34. The number of anilines is 1. The summed E-state index contributed by atoms with van der Waals surface area (Å²) >= 11 is 8.82. The molecule has 0 saturated heterocycles. The maximum Gasteiger partial charge on any atom is 0.411 e. The lowest BCUT2D eigenvalue weighted by molar-refractivity contribution is -0.186. The van der Waals surface area contributed by atoms with Crippen LogP contribution in [0.4, 0.5) is 18.9 Å². The molecule has 96 valence electrons. The van der Waals surface area contributed by atoms with Gasteiger partial charge >= 0.3 is 6.18 Å². The van der Waals surface area contributed by atoms with Gasteiger partial charge in [0.2, 0.25) is 0 Å².